The van der Waals surface area contributed by atoms with Gasteiger partial charge >= 0.3 is 5.97 Å². The number of amides is 1. The summed E-state index contributed by atoms with van der Waals surface area (Å²) in [4.78, 5) is 23.7. The first-order valence-electron chi connectivity index (χ1n) is 9.42. The van der Waals surface area contributed by atoms with Crippen molar-refractivity contribution in [3.63, 3.8) is 0 Å². The fourth-order valence-corrected chi connectivity index (χ4v) is 3.47. The zero-order valence-electron chi connectivity index (χ0n) is 16.5. The predicted octanol–water partition coefficient (Wildman–Crippen LogP) is 3.64. The van der Waals surface area contributed by atoms with Gasteiger partial charge in [0.25, 0.3) is 0 Å². The summed E-state index contributed by atoms with van der Waals surface area (Å²) < 4.78 is 11.0. The summed E-state index contributed by atoms with van der Waals surface area (Å²) in [7, 11) is 3.13. The van der Waals surface area contributed by atoms with Crippen molar-refractivity contribution in [2.24, 2.45) is 5.10 Å². The number of carbonyl (C=O) groups excluding carboxylic acids is 1. The van der Waals surface area contributed by atoms with Gasteiger partial charge in [0.2, 0.25) is 5.91 Å². The van der Waals surface area contributed by atoms with Crippen molar-refractivity contribution in [2.75, 3.05) is 14.2 Å². The van der Waals surface area contributed by atoms with E-state index < -0.39 is 5.97 Å². The first kappa shape index (κ1) is 20.4. The fourth-order valence-electron chi connectivity index (χ4n) is 3.47. The van der Waals surface area contributed by atoms with E-state index >= 15 is 0 Å². The van der Waals surface area contributed by atoms with Gasteiger partial charge in [0.05, 0.1) is 26.0 Å². The van der Waals surface area contributed by atoms with Gasteiger partial charge in [-0.05, 0) is 18.1 Å². The Bertz CT molecular complexity index is 911. The average Bonchev–Trinajstić information content (AvgIpc) is 3.18. The third kappa shape index (κ3) is 4.56. The second kappa shape index (κ2) is 9.23. The maximum atomic E-state index is 12.9. The maximum Gasteiger partial charge on any atom is 0.303 e. The van der Waals surface area contributed by atoms with Crippen LogP contribution in [0.25, 0.3) is 0 Å². The van der Waals surface area contributed by atoms with Crippen molar-refractivity contribution in [1.82, 2.24) is 5.01 Å². The van der Waals surface area contributed by atoms with Crippen LogP contribution in [0.15, 0.2) is 53.6 Å². The monoisotopic (exact) mass is 396 g/mol. The lowest BCUT2D eigenvalue weighted by atomic mass is 9.97. The van der Waals surface area contributed by atoms with Gasteiger partial charge in [-0.1, -0.05) is 42.5 Å². The molecule has 29 heavy (non-hydrogen) atoms. The van der Waals surface area contributed by atoms with E-state index in [4.69, 9.17) is 14.6 Å². The number of hydrogen-bond donors (Lipinski definition) is 1. The lowest BCUT2D eigenvalue weighted by molar-refractivity contribution is -0.137. The molecule has 152 valence electrons. The number of carboxylic acid groups (broad SMARTS) is 1. The number of para-hydroxylation sites is 1. The van der Waals surface area contributed by atoms with E-state index in [1.807, 2.05) is 42.5 Å². The minimum absolute atomic E-state index is 0.0536. The van der Waals surface area contributed by atoms with E-state index in [1.54, 1.807) is 20.3 Å². The van der Waals surface area contributed by atoms with Crippen molar-refractivity contribution >= 4 is 17.6 Å². The Morgan fingerprint density at radius 2 is 1.83 bits per heavy atom. The third-order valence-corrected chi connectivity index (χ3v) is 4.85. The minimum Gasteiger partial charge on any atom is -0.493 e. The zero-order valence-corrected chi connectivity index (χ0v) is 16.5. The number of nitrogens with zero attached hydrogens (tertiary/aromatic N) is 2. The first-order valence-corrected chi connectivity index (χ1v) is 9.42. The summed E-state index contributed by atoms with van der Waals surface area (Å²) in [6, 6.07) is 14.9. The summed E-state index contributed by atoms with van der Waals surface area (Å²) in [6.45, 7) is 0. The Morgan fingerprint density at radius 1 is 1.07 bits per heavy atom. The molecule has 3 rings (SSSR count). The molecule has 1 amide bonds. The Morgan fingerprint density at radius 3 is 2.48 bits per heavy atom. The molecule has 0 radical (unpaired) electrons. The normalized spacial score (nSPS) is 15.7. The molecule has 2 aromatic carbocycles. The number of methoxy groups -OCH3 is 2. The molecule has 0 spiro atoms. The lowest BCUT2D eigenvalue weighted by Crippen LogP contribution is -2.27. The standard InChI is InChI=1S/C22H24N2O5/c1-28-19-11-6-10-16(22(19)29-2)18-14-17(15-8-4-3-5-9-15)23-24(18)20(25)12-7-13-21(26)27/h3-6,8-11,18H,7,12-14H2,1-2H3,(H,26,27). The van der Waals surface area contributed by atoms with Gasteiger partial charge in [-0.3, -0.25) is 9.59 Å². The van der Waals surface area contributed by atoms with E-state index in [0.29, 0.717) is 17.9 Å². The van der Waals surface area contributed by atoms with E-state index in [0.717, 1.165) is 16.8 Å². The molecule has 1 heterocycles. The maximum absolute atomic E-state index is 12.9. The van der Waals surface area contributed by atoms with Crippen LogP contribution in [-0.2, 0) is 9.59 Å². The van der Waals surface area contributed by atoms with Crippen LogP contribution in [0.2, 0.25) is 0 Å². The smallest absolute Gasteiger partial charge is 0.303 e. The van der Waals surface area contributed by atoms with Crippen LogP contribution in [0, 0.1) is 0 Å². The largest absolute Gasteiger partial charge is 0.493 e. The van der Waals surface area contributed by atoms with Crippen LogP contribution in [0.4, 0.5) is 0 Å². The predicted molar refractivity (Wildman–Crippen MR) is 108 cm³/mol. The van der Waals surface area contributed by atoms with Gasteiger partial charge in [0.1, 0.15) is 0 Å². The number of hydrogen-bond acceptors (Lipinski definition) is 5. The number of carbonyl (C=O) groups is 2. The van der Waals surface area contributed by atoms with Crippen molar-refractivity contribution in [3.05, 3.63) is 59.7 Å². The van der Waals surface area contributed by atoms with Crippen molar-refractivity contribution in [3.8, 4) is 11.5 Å². The van der Waals surface area contributed by atoms with Crippen LogP contribution in [0.5, 0.6) is 11.5 Å². The molecule has 1 atom stereocenters. The molecule has 7 nitrogen and oxygen atoms in total. The molecule has 2 aromatic rings. The van der Waals surface area contributed by atoms with E-state index in [-0.39, 0.29) is 31.2 Å². The molecular weight excluding hydrogens is 372 g/mol. The molecule has 0 aliphatic carbocycles. The SMILES string of the molecule is COc1cccc(C2CC(c3ccccc3)=NN2C(=O)CCCC(=O)O)c1OC. The number of rotatable bonds is 8. The minimum atomic E-state index is -0.918. The zero-order chi connectivity index (χ0) is 20.8. The molecule has 0 aromatic heterocycles. The summed E-state index contributed by atoms with van der Waals surface area (Å²) in [5.41, 5.74) is 2.54. The van der Waals surface area contributed by atoms with Gasteiger partial charge in [-0.15, -0.1) is 0 Å². The Hall–Kier alpha value is -3.35. The third-order valence-electron chi connectivity index (χ3n) is 4.85. The molecule has 1 N–H and O–H groups in total. The molecule has 0 saturated carbocycles. The highest BCUT2D eigenvalue weighted by Gasteiger charge is 2.35. The first-order chi connectivity index (χ1) is 14.0. The molecule has 0 fully saturated rings. The molecule has 0 saturated heterocycles. The Labute approximate surface area is 169 Å². The average molecular weight is 396 g/mol. The van der Waals surface area contributed by atoms with E-state index in [2.05, 4.69) is 5.10 Å². The Kier molecular flexibility index (Phi) is 6.49. The second-order valence-corrected chi connectivity index (χ2v) is 6.70. The Balaban J connectivity index is 1.94. The van der Waals surface area contributed by atoms with Crippen LogP contribution < -0.4 is 9.47 Å². The van der Waals surface area contributed by atoms with Gasteiger partial charge in [0, 0.05) is 24.8 Å². The highest BCUT2D eigenvalue weighted by Crippen LogP contribution is 2.41. The molecule has 1 unspecified atom stereocenters. The van der Waals surface area contributed by atoms with Crippen LogP contribution in [0.3, 0.4) is 0 Å². The second-order valence-electron chi connectivity index (χ2n) is 6.70. The molecule has 1 aliphatic rings. The summed E-state index contributed by atoms with van der Waals surface area (Å²) in [6.07, 6.45) is 0.851. The van der Waals surface area contributed by atoms with Crippen molar-refractivity contribution in [1.29, 1.82) is 0 Å². The van der Waals surface area contributed by atoms with Gasteiger partial charge < -0.3 is 14.6 Å². The number of benzene rings is 2. The lowest BCUT2D eigenvalue weighted by Gasteiger charge is -2.24. The summed E-state index contributed by atoms with van der Waals surface area (Å²) in [5.74, 6) is 0.00931. The number of carboxylic acids is 1. The van der Waals surface area contributed by atoms with E-state index in [9.17, 15) is 9.59 Å². The van der Waals surface area contributed by atoms with Crippen LogP contribution in [0.1, 0.15) is 42.9 Å². The van der Waals surface area contributed by atoms with Gasteiger partial charge in [-0.2, -0.15) is 5.10 Å². The molecule has 0 bridgehead atoms. The highest BCUT2D eigenvalue weighted by molar-refractivity contribution is 6.03. The quantitative estimate of drug-likeness (QED) is 0.736. The van der Waals surface area contributed by atoms with Crippen LogP contribution in [-0.4, -0.2) is 41.9 Å². The van der Waals surface area contributed by atoms with Crippen molar-refractivity contribution in [2.45, 2.75) is 31.7 Å². The summed E-state index contributed by atoms with van der Waals surface area (Å²) >= 11 is 0. The van der Waals surface area contributed by atoms with Crippen molar-refractivity contribution < 1.29 is 24.2 Å². The van der Waals surface area contributed by atoms with Gasteiger partial charge in [0.15, 0.2) is 11.5 Å². The van der Waals surface area contributed by atoms with Crippen LogP contribution >= 0.6 is 0 Å². The highest BCUT2D eigenvalue weighted by atomic mass is 16.5. The van der Waals surface area contributed by atoms with Gasteiger partial charge in [-0.25, -0.2) is 5.01 Å². The summed E-state index contributed by atoms with van der Waals surface area (Å²) in [5, 5.41) is 14.9. The number of aliphatic carboxylic acids is 1. The molecule has 7 heteroatoms. The fraction of sp³-hybridized carbons (Fsp3) is 0.318. The number of ether oxygens (including phenoxy) is 2. The molecular formula is C22H24N2O5. The topological polar surface area (TPSA) is 88.4 Å². The molecule has 1 aliphatic heterocycles. The number of hydrazone groups is 1. The van der Waals surface area contributed by atoms with E-state index in [1.165, 1.54) is 5.01 Å².